The minimum Gasteiger partial charge on any atom is -0.484 e. The Kier molecular flexibility index (Phi) is 6.61. The molecule has 0 aliphatic carbocycles. The monoisotopic (exact) mass is 477 g/mol. The second kappa shape index (κ2) is 9.49. The van der Waals surface area contributed by atoms with Crippen LogP contribution < -0.4 is 10.1 Å². The van der Waals surface area contributed by atoms with Gasteiger partial charge in [0.25, 0.3) is 5.91 Å². The average molecular weight is 478 g/mol. The summed E-state index contributed by atoms with van der Waals surface area (Å²) in [6.07, 6.45) is 1.16. The summed E-state index contributed by atoms with van der Waals surface area (Å²) in [6.45, 7) is 8.30. The first kappa shape index (κ1) is 24.4. The van der Waals surface area contributed by atoms with Gasteiger partial charge in [0.05, 0.1) is 23.4 Å². The van der Waals surface area contributed by atoms with E-state index in [1.807, 2.05) is 50.2 Å². The molecule has 0 saturated carbocycles. The number of nitrogens with zero attached hydrogens (tertiary/aromatic N) is 2. The van der Waals surface area contributed by atoms with Crippen LogP contribution in [0.2, 0.25) is 0 Å². The minimum atomic E-state index is -2.00. The number of carbonyl (C=O) groups is 1. The van der Waals surface area contributed by atoms with E-state index >= 15 is 0 Å². The third kappa shape index (κ3) is 5.34. The van der Waals surface area contributed by atoms with Gasteiger partial charge in [0.15, 0.2) is 5.67 Å². The van der Waals surface area contributed by atoms with Gasteiger partial charge < -0.3 is 10.1 Å². The Labute approximate surface area is 203 Å². The van der Waals surface area contributed by atoms with Crippen molar-refractivity contribution in [3.05, 3.63) is 89.4 Å². The molecule has 182 valence electrons. The summed E-state index contributed by atoms with van der Waals surface area (Å²) in [4.78, 5) is 12.3. The molecule has 0 bridgehead atoms. The van der Waals surface area contributed by atoms with Crippen LogP contribution in [0.1, 0.15) is 43.6 Å². The summed E-state index contributed by atoms with van der Waals surface area (Å²) < 4.78 is 35.6. The molecule has 0 fully saturated rings. The molecule has 0 radical (unpaired) electrons. The van der Waals surface area contributed by atoms with E-state index in [0.29, 0.717) is 5.75 Å². The second-order valence-electron chi connectivity index (χ2n) is 9.37. The van der Waals surface area contributed by atoms with Crippen LogP contribution in [0.4, 0.5) is 8.78 Å². The predicted molar refractivity (Wildman–Crippen MR) is 133 cm³/mol. The number of benzene rings is 3. The van der Waals surface area contributed by atoms with E-state index in [1.165, 1.54) is 26.0 Å². The Bertz CT molecular complexity index is 1360. The molecule has 1 amide bonds. The van der Waals surface area contributed by atoms with Crippen LogP contribution in [0.15, 0.2) is 66.9 Å². The first-order chi connectivity index (χ1) is 16.5. The van der Waals surface area contributed by atoms with Gasteiger partial charge in [-0.15, -0.1) is 0 Å². The molecule has 4 aromatic rings. The van der Waals surface area contributed by atoms with E-state index in [0.717, 1.165) is 33.3 Å². The van der Waals surface area contributed by atoms with E-state index in [-0.39, 0.29) is 5.82 Å². The molecule has 0 spiro atoms. The Morgan fingerprint density at radius 1 is 1.03 bits per heavy atom. The van der Waals surface area contributed by atoms with Crippen molar-refractivity contribution < 1.29 is 18.3 Å². The molecule has 1 heterocycles. The number of alkyl halides is 1. The Hall–Kier alpha value is -3.74. The summed E-state index contributed by atoms with van der Waals surface area (Å²) in [5, 5.41) is 8.03. The van der Waals surface area contributed by atoms with Crippen molar-refractivity contribution in [2.75, 3.05) is 0 Å². The van der Waals surface area contributed by atoms with Gasteiger partial charge in [-0.3, -0.25) is 4.79 Å². The third-order valence-corrected chi connectivity index (χ3v) is 6.09. The highest BCUT2D eigenvalue weighted by atomic mass is 19.1. The number of aromatic nitrogens is 2. The van der Waals surface area contributed by atoms with Crippen molar-refractivity contribution in [3.8, 4) is 11.4 Å². The Morgan fingerprint density at radius 3 is 2.40 bits per heavy atom. The lowest BCUT2D eigenvalue weighted by Crippen LogP contribution is -2.46. The lowest BCUT2D eigenvalue weighted by Gasteiger charge is -2.28. The fraction of sp³-hybridized carbons (Fsp3) is 0.286. The highest BCUT2D eigenvalue weighted by Gasteiger charge is 2.31. The Morgan fingerprint density at radius 2 is 1.74 bits per heavy atom. The van der Waals surface area contributed by atoms with Crippen molar-refractivity contribution in [3.63, 3.8) is 0 Å². The highest BCUT2D eigenvalue weighted by molar-refractivity contribution is 5.84. The van der Waals surface area contributed by atoms with E-state index in [9.17, 15) is 13.6 Å². The number of hydrogen-bond donors (Lipinski definition) is 1. The number of aryl methyl sites for hydroxylation is 2. The van der Waals surface area contributed by atoms with Crippen molar-refractivity contribution in [1.29, 1.82) is 0 Å². The quantitative estimate of drug-likeness (QED) is 0.347. The minimum absolute atomic E-state index is 0.310. The maximum Gasteiger partial charge on any atom is 0.257 e. The summed E-state index contributed by atoms with van der Waals surface area (Å²) in [5.41, 5.74) is 2.69. The topological polar surface area (TPSA) is 56.1 Å². The first-order valence-electron chi connectivity index (χ1n) is 11.5. The molecular formula is C28H29F2N3O2. The molecule has 0 aliphatic heterocycles. The van der Waals surface area contributed by atoms with Gasteiger partial charge in [-0.05, 0) is 93.8 Å². The lowest BCUT2D eigenvalue weighted by atomic mass is 9.98. The van der Waals surface area contributed by atoms with Crippen molar-refractivity contribution >= 4 is 16.8 Å². The zero-order valence-electron chi connectivity index (χ0n) is 20.5. The fourth-order valence-corrected chi connectivity index (χ4v) is 3.87. The predicted octanol–water partition coefficient (Wildman–Crippen LogP) is 6.15. The van der Waals surface area contributed by atoms with Crippen molar-refractivity contribution in [2.24, 2.45) is 0 Å². The number of hydrogen-bond acceptors (Lipinski definition) is 3. The van der Waals surface area contributed by atoms with Gasteiger partial charge in [0.2, 0.25) is 0 Å². The molecule has 0 saturated heterocycles. The number of carbonyl (C=O) groups excluding carboxylic acids is 1. The largest absolute Gasteiger partial charge is 0.484 e. The van der Waals surface area contributed by atoms with E-state index in [2.05, 4.69) is 10.4 Å². The molecule has 35 heavy (non-hydrogen) atoms. The summed E-state index contributed by atoms with van der Waals surface area (Å²) in [7, 11) is 0. The fourth-order valence-electron chi connectivity index (χ4n) is 3.87. The number of rotatable bonds is 7. The smallest absolute Gasteiger partial charge is 0.257 e. The summed E-state index contributed by atoms with van der Waals surface area (Å²) in [6, 6.07) is 17.2. The SMILES string of the molecule is Cc1ccc(C(Oc2ccc3c(cnn3-c3ccc(F)cc3)c2)C(C)NC(=O)C(C)(C)F)cc1C. The number of amides is 1. The maximum atomic E-state index is 14.2. The van der Waals surface area contributed by atoms with Gasteiger partial charge >= 0.3 is 0 Å². The molecule has 4 rings (SSSR count). The third-order valence-electron chi connectivity index (χ3n) is 6.09. The van der Waals surface area contributed by atoms with Gasteiger partial charge in [-0.1, -0.05) is 18.2 Å². The second-order valence-corrected chi connectivity index (χ2v) is 9.37. The molecular weight excluding hydrogens is 448 g/mol. The molecule has 7 heteroatoms. The molecule has 5 nitrogen and oxygen atoms in total. The molecule has 3 aromatic carbocycles. The van der Waals surface area contributed by atoms with E-state index in [1.54, 1.807) is 29.9 Å². The van der Waals surface area contributed by atoms with Gasteiger partial charge in [-0.25, -0.2) is 13.5 Å². The Balaban J connectivity index is 1.66. The van der Waals surface area contributed by atoms with Gasteiger partial charge in [-0.2, -0.15) is 5.10 Å². The summed E-state index contributed by atoms with van der Waals surface area (Å²) >= 11 is 0. The van der Waals surface area contributed by atoms with E-state index in [4.69, 9.17) is 4.74 Å². The van der Waals surface area contributed by atoms with Gasteiger partial charge in [0.1, 0.15) is 17.7 Å². The maximum absolute atomic E-state index is 14.2. The highest BCUT2D eigenvalue weighted by Crippen LogP contribution is 2.30. The van der Waals surface area contributed by atoms with Crippen LogP contribution in [0.25, 0.3) is 16.6 Å². The van der Waals surface area contributed by atoms with Crippen LogP contribution in [-0.2, 0) is 4.79 Å². The molecule has 2 unspecified atom stereocenters. The number of fused-ring (bicyclic) bond motifs is 1. The standard InChI is InChI=1S/C28H29F2N3O2/c1-17-6-7-20(14-18(17)2)26(19(3)32-27(34)28(4,5)30)35-24-12-13-25-21(15-24)16-31-33(25)23-10-8-22(29)9-11-23/h6-16,19,26H,1-5H3,(H,32,34). The zero-order chi connectivity index (χ0) is 25.3. The zero-order valence-corrected chi connectivity index (χ0v) is 20.5. The normalized spacial score (nSPS) is 13.5. The van der Waals surface area contributed by atoms with E-state index < -0.39 is 23.7 Å². The average Bonchev–Trinajstić information content (AvgIpc) is 3.22. The van der Waals surface area contributed by atoms with Gasteiger partial charge in [0, 0.05) is 5.39 Å². The van der Waals surface area contributed by atoms with Crippen LogP contribution in [0.3, 0.4) is 0 Å². The van der Waals surface area contributed by atoms with Crippen molar-refractivity contribution in [2.45, 2.75) is 52.4 Å². The van der Waals surface area contributed by atoms with Crippen LogP contribution in [0.5, 0.6) is 5.75 Å². The van der Waals surface area contributed by atoms with Crippen molar-refractivity contribution in [1.82, 2.24) is 15.1 Å². The lowest BCUT2D eigenvalue weighted by molar-refractivity contribution is -0.132. The summed E-state index contributed by atoms with van der Waals surface area (Å²) in [5.74, 6) is -0.422. The number of nitrogens with one attached hydrogen (secondary N) is 1. The first-order valence-corrected chi connectivity index (χ1v) is 11.5. The number of ether oxygens (including phenoxy) is 1. The molecule has 2 atom stereocenters. The molecule has 0 aliphatic rings. The van der Waals surface area contributed by atoms with Crippen LogP contribution in [-0.4, -0.2) is 27.4 Å². The van der Waals surface area contributed by atoms with Crippen LogP contribution in [0, 0.1) is 19.7 Å². The number of halogens is 2. The van der Waals surface area contributed by atoms with Crippen LogP contribution >= 0.6 is 0 Å². The molecule has 1 N–H and O–H groups in total. The molecule has 1 aromatic heterocycles.